The minimum atomic E-state index is 0.181. The van der Waals surface area contributed by atoms with Crippen LogP contribution in [0.3, 0.4) is 0 Å². The van der Waals surface area contributed by atoms with E-state index < -0.39 is 0 Å². The van der Waals surface area contributed by atoms with E-state index in [4.69, 9.17) is 16.3 Å². The zero-order chi connectivity index (χ0) is 16.5. The Balaban J connectivity index is 1.78. The van der Waals surface area contributed by atoms with Crippen LogP contribution in [-0.2, 0) is 11.2 Å². The predicted octanol–water partition coefficient (Wildman–Crippen LogP) is 1.77. The average molecular weight is 339 g/mol. The number of guanidine groups is 1. The zero-order valence-electron chi connectivity index (χ0n) is 14.0. The SMILES string of the molecule is CCNC(=NCC1CN(C)CCO1)NCCc1ccc(Cl)cc1. The molecule has 0 spiro atoms. The third-order valence-electron chi connectivity index (χ3n) is 3.76. The molecule has 1 fully saturated rings. The second-order valence-electron chi connectivity index (χ2n) is 5.78. The lowest BCUT2D eigenvalue weighted by atomic mass is 10.1. The van der Waals surface area contributed by atoms with E-state index in [-0.39, 0.29) is 6.10 Å². The molecule has 128 valence electrons. The number of rotatable bonds is 6. The maximum Gasteiger partial charge on any atom is 0.191 e. The van der Waals surface area contributed by atoms with Crippen molar-refractivity contribution >= 4 is 17.6 Å². The fourth-order valence-corrected chi connectivity index (χ4v) is 2.61. The van der Waals surface area contributed by atoms with Crippen LogP contribution in [0.1, 0.15) is 12.5 Å². The Morgan fingerprint density at radius 2 is 2.13 bits per heavy atom. The normalized spacial score (nSPS) is 19.6. The summed E-state index contributed by atoms with van der Waals surface area (Å²) in [5, 5.41) is 7.42. The third-order valence-corrected chi connectivity index (χ3v) is 4.01. The summed E-state index contributed by atoms with van der Waals surface area (Å²) in [4.78, 5) is 6.92. The maximum absolute atomic E-state index is 5.90. The monoisotopic (exact) mass is 338 g/mol. The van der Waals surface area contributed by atoms with Gasteiger partial charge in [-0.1, -0.05) is 23.7 Å². The van der Waals surface area contributed by atoms with Gasteiger partial charge in [0.05, 0.1) is 19.3 Å². The summed E-state index contributed by atoms with van der Waals surface area (Å²) in [6.45, 7) is 7.16. The molecule has 2 rings (SSSR count). The standard InChI is InChI=1S/C17H27ClN4O/c1-3-19-17(21-12-16-13-22(2)10-11-23-16)20-9-8-14-4-6-15(18)7-5-14/h4-7,16H,3,8-13H2,1-2H3,(H2,19,20,21). The smallest absolute Gasteiger partial charge is 0.191 e. The number of aliphatic imine (C=N–C) groups is 1. The Bertz CT molecular complexity index is 492. The highest BCUT2D eigenvalue weighted by Gasteiger charge is 2.17. The zero-order valence-corrected chi connectivity index (χ0v) is 14.8. The van der Waals surface area contributed by atoms with Gasteiger partial charge in [-0.2, -0.15) is 0 Å². The van der Waals surface area contributed by atoms with Gasteiger partial charge in [0.15, 0.2) is 5.96 Å². The highest BCUT2D eigenvalue weighted by molar-refractivity contribution is 6.30. The van der Waals surface area contributed by atoms with Crippen LogP contribution in [-0.4, -0.2) is 63.3 Å². The Morgan fingerprint density at radius 3 is 2.83 bits per heavy atom. The fourth-order valence-electron chi connectivity index (χ4n) is 2.49. The van der Waals surface area contributed by atoms with Crippen molar-refractivity contribution in [3.05, 3.63) is 34.9 Å². The van der Waals surface area contributed by atoms with Gasteiger partial charge in [-0.15, -0.1) is 0 Å². The number of nitrogens with one attached hydrogen (secondary N) is 2. The molecule has 0 amide bonds. The maximum atomic E-state index is 5.90. The van der Waals surface area contributed by atoms with E-state index in [1.165, 1.54) is 5.56 Å². The second-order valence-corrected chi connectivity index (χ2v) is 6.21. The predicted molar refractivity (Wildman–Crippen MR) is 96.4 cm³/mol. The van der Waals surface area contributed by atoms with Gasteiger partial charge in [-0.05, 0) is 38.1 Å². The molecule has 5 nitrogen and oxygen atoms in total. The molecule has 0 saturated carbocycles. The quantitative estimate of drug-likeness (QED) is 0.613. The number of nitrogens with zero attached hydrogens (tertiary/aromatic N) is 2. The fraction of sp³-hybridized carbons (Fsp3) is 0.588. The molecule has 1 unspecified atom stereocenters. The Kier molecular flexibility index (Phi) is 7.65. The van der Waals surface area contributed by atoms with Gasteiger partial charge >= 0.3 is 0 Å². The number of likely N-dealkylation sites (N-methyl/N-ethyl adjacent to an activating group) is 1. The molecule has 23 heavy (non-hydrogen) atoms. The summed E-state index contributed by atoms with van der Waals surface area (Å²) in [6.07, 6.45) is 1.12. The van der Waals surface area contributed by atoms with Gasteiger partial charge in [0.2, 0.25) is 0 Å². The Morgan fingerprint density at radius 1 is 1.35 bits per heavy atom. The van der Waals surface area contributed by atoms with Crippen molar-refractivity contribution in [1.82, 2.24) is 15.5 Å². The molecule has 1 aromatic carbocycles. The molecule has 2 N–H and O–H groups in total. The number of halogens is 1. The molecular formula is C17H27ClN4O. The molecule has 0 bridgehead atoms. The number of hydrogen-bond acceptors (Lipinski definition) is 3. The van der Waals surface area contributed by atoms with Gasteiger partial charge in [-0.25, -0.2) is 0 Å². The number of ether oxygens (including phenoxy) is 1. The van der Waals surface area contributed by atoms with E-state index in [1.54, 1.807) is 0 Å². The molecular weight excluding hydrogens is 312 g/mol. The summed E-state index contributed by atoms with van der Waals surface area (Å²) in [6, 6.07) is 7.96. The number of morpholine rings is 1. The number of benzene rings is 1. The van der Waals surface area contributed by atoms with Gasteiger partial charge in [-0.3, -0.25) is 4.99 Å². The molecule has 6 heteroatoms. The molecule has 0 aliphatic carbocycles. The molecule has 1 aliphatic heterocycles. The molecule has 0 aromatic heterocycles. The van der Waals surface area contributed by atoms with Gasteiger partial charge in [0, 0.05) is 31.2 Å². The summed E-state index contributed by atoms with van der Waals surface area (Å²) in [5.74, 6) is 0.846. The van der Waals surface area contributed by atoms with Crippen LogP contribution in [0.2, 0.25) is 5.02 Å². The van der Waals surface area contributed by atoms with E-state index in [9.17, 15) is 0 Å². The molecule has 1 heterocycles. The van der Waals surface area contributed by atoms with Crippen LogP contribution in [0.4, 0.5) is 0 Å². The topological polar surface area (TPSA) is 48.9 Å². The Hall–Kier alpha value is -1.30. The lowest BCUT2D eigenvalue weighted by Crippen LogP contribution is -2.43. The largest absolute Gasteiger partial charge is 0.374 e. The lowest BCUT2D eigenvalue weighted by Gasteiger charge is -2.29. The molecule has 1 saturated heterocycles. The lowest BCUT2D eigenvalue weighted by molar-refractivity contribution is -0.0136. The van der Waals surface area contributed by atoms with Crippen LogP contribution in [0.15, 0.2) is 29.3 Å². The van der Waals surface area contributed by atoms with E-state index >= 15 is 0 Å². The van der Waals surface area contributed by atoms with Crippen molar-refractivity contribution in [2.45, 2.75) is 19.4 Å². The van der Waals surface area contributed by atoms with Gasteiger partial charge < -0.3 is 20.3 Å². The summed E-state index contributed by atoms with van der Waals surface area (Å²) >= 11 is 5.90. The van der Waals surface area contributed by atoms with Crippen molar-refractivity contribution < 1.29 is 4.74 Å². The first kappa shape index (κ1) is 18.0. The number of hydrogen-bond donors (Lipinski definition) is 2. The highest BCUT2D eigenvalue weighted by atomic mass is 35.5. The van der Waals surface area contributed by atoms with E-state index in [0.29, 0.717) is 6.54 Å². The van der Waals surface area contributed by atoms with Crippen LogP contribution in [0, 0.1) is 0 Å². The van der Waals surface area contributed by atoms with Crippen molar-refractivity contribution in [3.63, 3.8) is 0 Å². The van der Waals surface area contributed by atoms with E-state index in [2.05, 4.69) is 46.6 Å². The van der Waals surface area contributed by atoms with Crippen molar-refractivity contribution in [2.75, 3.05) is 46.4 Å². The van der Waals surface area contributed by atoms with E-state index in [0.717, 1.165) is 50.2 Å². The van der Waals surface area contributed by atoms with Gasteiger partial charge in [0.25, 0.3) is 0 Å². The highest BCUT2D eigenvalue weighted by Crippen LogP contribution is 2.09. The first-order valence-corrected chi connectivity index (χ1v) is 8.62. The van der Waals surface area contributed by atoms with Crippen molar-refractivity contribution in [3.8, 4) is 0 Å². The van der Waals surface area contributed by atoms with Crippen molar-refractivity contribution in [1.29, 1.82) is 0 Å². The average Bonchev–Trinajstić information content (AvgIpc) is 2.54. The summed E-state index contributed by atoms with van der Waals surface area (Å²) < 4.78 is 5.75. The minimum absolute atomic E-state index is 0.181. The van der Waals surface area contributed by atoms with Crippen LogP contribution >= 0.6 is 11.6 Å². The first-order valence-electron chi connectivity index (χ1n) is 8.24. The van der Waals surface area contributed by atoms with E-state index in [1.807, 2.05) is 12.1 Å². The molecule has 1 aliphatic rings. The Labute approximate surface area is 144 Å². The molecule has 0 radical (unpaired) electrons. The van der Waals surface area contributed by atoms with Crippen LogP contribution in [0.5, 0.6) is 0 Å². The van der Waals surface area contributed by atoms with Crippen LogP contribution in [0.25, 0.3) is 0 Å². The van der Waals surface area contributed by atoms with Crippen LogP contribution < -0.4 is 10.6 Å². The summed E-state index contributed by atoms with van der Waals surface area (Å²) in [7, 11) is 2.12. The second kappa shape index (κ2) is 9.75. The summed E-state index contributed by atoms with van der Waals surface area (Å²) in [5.41, 5.74) is 1.26. The van der Waals surface area contributed by atoms with Gasteiger partial charge in [0.1, 0.15) is 0 Å². The van der Waals surface area contributed by atoms with Crippen molar-refractivity contribution in [2.24, 2.45) is 4.99 Å². The minimum Gasteiger partial charge on any atom is -0.374 e. The molecule has 1 aromatic rings. The first-order chi connectivity index (χ1) is 11.2. The third kappa shape index (κ3) is 6.77. The molecule has 1 atom stereocenters.